The molecule has 0 radical (unpaired) electrons. The molecule has 1 N–H and O–H groups in total. The van der Waals surface area contributed by atoms with Gasteiger partial charge in [0.2, 0.25) is 10.8 Å². The van der Waals surface area contributed by atoms with E-state index in [4.69, 9.17) is 11.6 Å². The number of aromatic hydroxyl groups is 1. The van der Waals surface area contributed by atoms with Gasteiger partial charge in [-0.2, -0.15) is 9.61 Å². The fourth-order valence-corrected chi connectivity index (χ4v) is 4.75. The van der Waals surface area contributed by atoms with E-state index < -0.39 is 0 Å². The van der Waals surface area contributed by atoms with Crippen molar-refractivity contribution >= 4 is 27.9 Å². The first kappa shape index (κ1) is 15.9. The van der Waals surface area contributed by atoms with Crippen LogP contribution in [0.1, 0.15) is 42.2 Å². The van der Waals surface area contributed by atoms with E-state index >= 15 is 0 Å². The van der Waals surface area contributed by atoms with Crippen LogP contribution in [0.15, 0.2) is 30.6 Å². The fraction of sp³-hybridized carbons (Fsp3) is 0.412. The van der Waals surface area contributed by atoms with Gasteiger partial charge in [0.05, 0.1) is 10.9 Å². The van der Waals surface area contributed by atoms with E-state index in [-0.39, 0.29) is 11.9 Å². The largest absolute Gasteiger partial charge is 0.492 e. The summed E-state index contributed by atoms with van der Waals surface area (Å²) in [5.41, 5.74) is 1.03. The highest BCUT2D eigenvalue weighted by Crippen LogP contribution is 2.42. The highest BCUT2D eigenvalue weighted by molar-refractivity contribution is 7.17. The van der Waals surface area contributed by atoms with E-state index in [1.54, 1.807) is 0 Å². The van der Waals surface area contributed by atoms with Gasteiger partial charge in [0.15, 0.2) is 0 Å². The Kier molecular flexibility index (Phi) is 4.43. The van der Waals surface area contributed by atoms with Crippen LogP contribution in [-0.4, -0.2) is 37.7 Å². The Morgan fingerprint density at radius 3 is 2.58 bits per heavy atom. The maximum absolute atomic E-state index is 10.7. The van der Waals surface area contributed by atoms with Crippen molar-refractivity contribution in [3.8, 4) is 5.88 Å². The van der Waals surface area contributed by atoms with E-state index in [1.165, 1.54) is 47.9 Å². The maximum Gasteiger partial charge on any atom is 0.230 e. The quantitative estimate of drug-likeness (QED) is 0.761. The molecule has 0 amide bonds. The Hall–Kier alpha value is -1.63. The molecule has 0 saturated carbocycles. The number of hydrogen-bond acceptors (Lipinski definition) is 5. The van der Waals surface area contributed by atoms with Crippen LogP contribution < -0.4 is 0 Å². The molecule has 3 aromatic rings. The summed E-state index contributed by atoms with van der Waals surface area (Å²) in [6.07, 6.45) is 6.32. The van der Waals surface area contributed by atoms with Gasteiger partial charge in [-0.05, 0) is 37.6 Å². The molecule has 1 saturated heterocycles. The maximum atomic E-state index is 10.7. The summed E-state index contributed by atoms with van der Waals surface area (Å²) < 4.78 is 1.50. The lowest BCUT2D eigenvalue weighted by Crippen LogP contribution is -2.30. The van der Waals surface area contributed by atoms with Gasteiger partial charge in [-0.1, -0.05) is 54.0 Å². The van der Waals surface area contributed by atoms with Crippen LogP contribution in [0.25, 0.3) is 4.96 Å². The molecule has 4 rings (SSSR count). The first-order valence-electron chi connectivity index (χ1n) is 8.25. The second-order valence-electron chi connectivity index (χ2n) is 6.12. The SMILES string of the molecule is Oc1c([C@H](c2ccccc2Cl)N2CCCCCC2)sc2ncnn12. The molecule has 3 heterocycles. The van der Waals surface area contributed by atoms with E-state index in [2.05, 4.69) is 15.0 Å². The second-order valence-corrected chi connectivity index (χ2v) is 7.53. The molecule has 24 heavy (non-hydrogen) atoms. The van der Waals surface area contributed by atoms with Crippen molar-refractivity contribution < 1.29 is 5.11 Å². The summed E-state index contributed by atoms with van der Waals surface area (Å²) in [4.78, 5) is 8.22. The standard InChI is InChI=1S/C17H19ClN4OS/c18-13-8-4-3-7-12(13)14(21-9-5-1-2-6-10-21)15-16(23)22-17(24-15)19-11-20-22/h3-4,7-8,11,14,23H,1-2,5-6,9-10H2/t14-/m0/s1. The Morgan fingerprint density at radius 1 is 1.12 bits per heavy atom. The second kappa shape index (κ2) is 6.70. The van der Waals surface area contributed by atoms with Crippen LogP contribution in [-0.2, 0) is 0 Å². The van der Waals surface area contributed by atoms with Crippen LogP contribution >= 0.6 is 22.9 Å². The van der Waals surface area contributed by atoms with Crippen LogP contribution in [0.3, 0.4) is 0 Å². The average Bonchev–Trinajstić information content (AvgIpc) is 3.04. The van der Waals surface area contributed by atoms with Crippen molar-refractivity contribution in [2.75, 3.05) is 13.1 Å². The molecule has 1 fully saturated rings. The molecule has 0 unspecified atom stereocenters. The number of nitrogens with zero attached hydrogens (tertiary/aromatic N) is 4. The molecule has 1 aliphatic rings. The normalized spacial score (nSPS) is 17.9. The number of likely N-dealkylation sites (tertiary alicyclic amines) is 1. The van der Waals surface area contributed by atoms with Gasteiger partial charge < -0.3 is 5.11 Å². The van der Waals surface area contributed by atoms with Crippen LogP contribution in [0.4, 0.5) is 0 Å². The van der Waals surface area contributed by atoms with Crippen molar-refractivity contribution in [1.29, 1.82) is 0 Å². The first-order valence-corrected chi connectivity index (χ1v) is 9.45. The van der Waals surface area contributed by atoms with Crippen molar-refractivity contribution in [3.05, 3.63) is 46.1 Å². The molecule has 126 valence electrons. The minimum Gasteiger partial charge on any atom is -0.492 e. The topological polar surface area (TPSA) is 53.7 Å². The predicted molar refractivity (Wildman–Crippen MR) is 95.9 cm³/mol. The molecular weight excluding hydrogens is 344 g/mol. The summed E-state index contributed by atoms with van der Waals surface area (Å²) in [5.74, 6) is 0.168. The van der Waals surface area contributed by atoms with Gasteiger partial charge in [0.1, 0.15) is 6.33 Å². The van der Waals surface area contributed by atoms with E-state index in [9.17, 15) is 5.11 Å². The lowest BCUT2D eigenvalue weighted by atomic mass is 10.0. The van der Waals surface area contributed by atoms with Crippen LogP contribution in [0.2, 0.25) is 5.02 Å². The number of halogens is 1. The molecule has 0 aliphatic carbocycles. The number of benzene rings is 1. The number of rotatable bonds is 3. The van der Waals surface area contributed by atoms with Crippen molar-refractivity contribution in [2.24, 2.45) is 0 Å². The molecule has 0 bridgehead atoms. The summed E-state index contributed by atoms with van der Waals surface area (Å²) in [6.45, 7) is 2.01. The number of fused-ring (bicyclic) bond motifs is 1. The lowest BCUT2D eigenvalue weighted by Gasteiger charge is -2.30. The van der Waals surface area contributed by atoms with E-state index in [0.29, 0.717) is 4.96 Å². The van der Waals surface area contributed by atoms with Gasteiger partial charge in [-0.3, -0.25) is 4.90 Å². The number of thiazole rings is 1. The molecule has 1 atom stereocenters. The minimum absolute atomic E-state index is 0.0645. The monoisotopic (exact) mass is 362 g/mol. The Morgan fingerprint density at radius 2 is 1.88 bits per heavy atom. The summed E-state index contributed by atoms with van der Waals surface area (Å²) in [7, 11) is 0. The van der Waals surface area contributed by atoms with Crippen molar-refractivity contribution in [1.82, 2.24) is 19.5 Å². The Bertz CT molecular complexity index is 838. The third kappa shape index (κ3) is 2.79. The van der Waals surface area contributed by atoms with Crippen LogP contribution in [0.5, 0.6) is 5.88 Å². The highest BCUT2D eigenvalue weighted by Gasteiger charge is 2.30. The molecule has 1 aliphatic heterocycles. The number of aromatic nitrogens is 3. The highest BCUT2D eigenvalue weighted by atomic mass is 35.5. The molecule has 7 heteroatoms. The van der Waals surface area contributed by atoms with Gasteiger partial charge in [0.25, 0.3) is 0 Å². The Balaban J connectivity index is 1.84. The Labute approximate surface area is 149 Å². The summed E-state index contributed by atoms with van der Waals surface area (Å²) in [5, 5.41) is 15.5. The zero-order valence-electron chi connectivity index (χ0n) is 13.2. The number of hydrogen-bond donors (Lipinski definition) is 1. The third-order valence-electron chi connectivity index (χ3n) is 4.59. The van der Waals surface area contributed by atoms with Crippen LogP contribution in [0, 0.1) is 0 Å². The average molecular weight is 363 g/mol. The molecule has 1 aromatic carbocycles. The molecule has 5 nitrogen and oxygen atoms in total. The summed E-state index contributed by atoms with van der Waals surface area (Å²) in [6, 6.07) is 7.84. The van der Waals surface area contributed by atoms with E-state index in [0.717, 1.165) is 28.6 Å². The van der Waals surface area contributed by atoms with Gasteiger partial charge in [-0.25, -0.2) is 4.98 Å². The first-order chi connectivity index (χ1) is 11.8. The predicted octanol–water partition coefficient (Wildman–Crippen LogP) is 4.12. The smallest absolute Gasteiger partial charge is 0.230 e. The van der Waals surface area contributed by atoms with Gasteiger partial charge >= 0.3 is 0 Å². The molecule has 2 aromatic heterocycles. The zero-order chi connectivity index (χ0) is 16.5. The third-order valence-corrected chi connectivity index (χ3v) is 6.02. The van der Waals surface area contributed by atoms with Gasteiger partial charge in [-0.15, -0.1) is 0 Å². The fourth-order valence-electron chi connectivity index (χ4n) is 3.43. The van der Waals surface area contributed by atoms with Crippen molar-refractivity contribution in [3.63, 3.8) is 0 Å². The molecular formula is C17H19ClN4OS. The van der Waals surface area contributed by atoms with E-state index in [1.807, 2.05) is 24.3 Å². The lowest BCUT2D eigenvalue weighted by molar-refractivity contribution is 0.233. The summed E-state index contributed by atoms with van der Waals surface area (Å²) >= 11 is 7.99. The van der Waals surface area contributed by atoms with Gasteiger partial charge in [0, 0.05) is 5.02 Å². The molecule has 0 spiro atoms. The zero-order valence-corrected chi connectivity index (χ0v) is 14.8. The van der Waals surface area contributed by atoms with Crippen molar-refractivity contribution in [2.45, 2.75) is 31.7 Å². The minimum atomic E-state index is -0.0645.